The van der Waals surface area contributed by atoms with Crippen LogP contribution in [0.1, 0.15) is 31.9 Å². The first-order valence-electron chi connectivity index (χ1n) is 6.10. The van der Waals surface area contributed by atoms with Crippen LogP contribution >= 0.6 is 0 Å². The van der Waals surface area contributed by atoms with Crippen LogP contribution < -0.4 is 4.72 Å². The van der Waals surface area contributed by atoms with Crippen LogP contribution in [0, 0.1) is 5.92 Å². The van der Waals surface area contributed by atoms with Crippen molar-refractivity contribution in [2.24, 2.45) is 5.92 Å². The van der Waals surface area contributed by atoms with Crippen LogP contribution in [0.5, 0.6) is 0 Å². The second kappa shape index (κ2) is 6.87. The standard InChI is InChI=1S/C13H21NO3S/c1-11(2)8-9-18(16,17)14-13(10-15)12-6-4-3-5-7-12/h3-7,11,13-15H,8-10H2,1-2H3. The summed E-state index contributed by atoms with van der Waals surface area (Å²) in [5.41, 5.74) is 0.771. The molecule has 0 aliphatic heterocycles. The number of aliphatic hydroxyl groups excluding tert-OH is 1. The highest BCUT2D eigenvalue weighted by Crippen LogP contribution is 2.13. The molecule has 18 heavy (non-hydrogen) atoms. The van der Waals surface area contributed by atoms with Crippen molar-refractivity contribution >= 4 is 10.0 Å². The smallest absolute Gasteiger partial charge is 0.212 e. The van der Waals surface area contributed by atoms with Crippen LogP contribution in [0.2, 0.25) is 0 Å². The van der Waals surface area contributed by atoms with E-state index in [0.29, 0.717) is 12.3 Å². The molecule has 0 spiro atoms. The van der Waals surface area contributed by atoms with Crippen molar-refractivity contribution in [1.29, 1.82) is 0 Å². The van der Waals surface area contributed by atoms with Crippen molar-refractivity contribution in [1.82, 2.24) is 4.72 Å². The molecule has 1 unspecified atom stereocenters. The number of hydrogen-bond donors (Lipinski definition) is 2. The zero-order chi connectivity index (χ0) is 13.6. The van der Waals surface area contributed by atoms with Gasteiger partial charge in [0, 0.05) is 0 Å². The highest BCUT2D eigenvalue weighted by molar-refractivity contribution is 7.89. The Kier molecular flexibility index (Phi) is 5.78. The molecule has 0 heterocycles. The van der Waals surface area contributed by atoms with Gasteiger partial charge in [-0.15, -0.1) is 0 Å². The van der Waals surface area contributed by atoms with Crippen molar-refractivity contribution in [2.45, 2.75) is 26.3 Å². The average Bonchev–Trinajstić information content (AvgIpc) is 2.35. The first-order valence-corrected chi connectivity index (χ1v) is 7.75. The Balaban J connectivity index is 2.69. The molecule has 4 nitrogen and oxygen atoms in total. The van der Waals surface area contributed by atoms with E-state index in [1.807, 2.05) is 32.0 Å². The molecule has 5 heteroatoms. The lowest BCUT2D eigenvalue weighted by molar-refractivity contribution is 0.259. The molecule has 0 aromatic heterocycles. The fraction of sp³-hybridized carbons (Fsp3) is 0.538. The maximum absolute atomic E-state index is 11.9. The molecule has 0 saturated heterocycles. The van der Waals surface area contributed by atoms with Gasteiger partial charge in [-0.3, -0.25) is 0 Å². The first kappa shape index (κ1) is 15.1. The van der Waals surface area contributed by atoms with Crippen molar-refractivity contribution in [3.8, 4) is 0 Å². The molecule has 1 aromatic carbocycles. The van der Waals surface area contributed by atoms with E-state index < -0.39 is 16.1 Å². The van der Waals surface area contributed by atoms with Crippen LogP contribution in [0.25, 0.3) is 0 Å². The Morgan fingerprint density at radius 1 is 1.22 bits per heavy atom. The minimum absolute atomic E-state index is 0.0913. The zero-order valence-corrected chi connectivity index (χ0v) is 11.7. The van der Waals surface area contributed by atoms with E-state index in [1.54, 1.807) is 12.1 Å². The lowest BCUT2D eigenvalue weighted by atomic mass is 10.1. The van der Waals surface area contributed by atoms with Crippen LogP contribution in [0.3, 0.4) is 0 Å². The van der Waals surface area contributed by atoms with Crippen LogP contribution in [-0.4, -0.2) is 25.9 Å². The molecule has 1 aromatic rings. The van der Waals surface area contributed by atoms with Gasteiger partial charge in [-0.2, -0.15) is 0 Å². The summed E-state index contributed by atoms with van der Waals surface area (Å²) in [6.45, 7) is 3.72. The van der Waals surface area contributed by atoms with Gasteiger partial charge in [-0.25, -0.2) is 13.1 Å². The summed E-state index contributed by atoms with van der Waals surface area (Å²) in [7, 11) is -3.35. The van der Waals surface area contributed by atoms with E-state index in [1.165, 1.54) is 0 Å². The summed E-state index contributed by atoms with van der Waals surface area (Å²) in [6, 6.07) is 8.52. The van der Waals surface area contributed by atoms with Gasteiger partial charge in [0.15, 0.2) is 0 Å². The Morgan fingerprint density at radius 2 is 1.83 bits per heavy atom. The third-order valence-electron chi connectivity index (χ3n) is 2.67. The van der Waals surface area contributed by atoms with Crippen LogP contribution in [0.15, 0.2) is 30.3 Å². The predicted octanol–water partition coefficient (Wildman–Crippen LogP) is 1.69. The zero-order valence-electron chi connectivity index (χ0n) is 10.8. The summed E-state index contributed by atoms with van der Waals surface area (Å²) in [5.74, 6) is 0.430. The van der Waals surface area contributed by atoms with Gasteiger partial charge in [0.2, 0.25) is 10.0 Å². The van der Waals surface area contributed by atoms with Gasteiger partial charge in [-0.05, 0) is 17.9 Å². The number of nitrogens with one attached hydrogen (secondary N) is 1. The van der Waals surface area contributed by atoms with Gasteiger partial charge in [0.1, 0.15) is 0 Å². The maximum Gasteiger partial charge on any atom is 0.212 e. The average molecular weight is 271 g/mol. The van der Waals surface area contributed by atoms with E-state index in [4.69, 9.17) is 0 Å². The number of rotatable bonds is 7. The molecule has 0 amide bonds. The molecule has 1 atom stereocenters. The first-order chi connectivity index (χ1) is 8.44. The fourth-order valence-electron chi connectivity index (χ4n) is 1.56. The SMILES string of the molecule is CC(C)CCS(=O)(=O)NC(CO)c1ccccc1. The number of aliphatic hydroxyl groups is 1. The molecule has 2 N–H and O–H groups in total. The number of sulfonamides is 1. The molecular weight excluding hydrogens is 250 g/mol. The Labute approximate surface area is 109 Å². The van der Waals surface area contributed by atoms with E-state index in [0.717, 1.165) is 5.56 Å². The van der Waals surface area contributed by atoms with Gasteiger partial charge >= 0.3 is 0 Å². The largest absolute Gasteiger partial charge is 0.394 e. The van der Waals surface area contributed by atoms with Crippen molar-refractivity contribution < 1.29 is 13.5 Å². The predicted molar refractivity (Wildman–Crippen MR) is 72.6 cm³/mol. The van der Waals surface area contributed by atoms with Crippen LogP contribution in [-0.2, 0) is 10.0 Å². The topological polar surface area (TPSA) is 66.4 Å². The van der Waals surface area contributed by atoms with Gasteiger partial charge in [0.05, 0.1) is 18.4 Å². The minimum atomic E-state index is -3.35. The highest BCUT2D eigenvalue weighted by Gasteiger charge is 2.18. The van der Waals surface area contributed by atoms with E-state index in [-0.39, 0.29) is 12.4 Å². The third kappa shape index (κ3) is 5.16. The van der Waals surface area contributed by atoms with Crippen molar-refractivity contribution in [3.63, 3.8) is 0 Å². The Morgan fingerprint density at radius 3 is 2.33 bits per heavy atom. The second-order valence-corrected chi connectivity index (χ2v) is 6.64. The van der Waals surface area contributed by atoms with Crippen molar-refractivity contribution in [2.75, 3.05) is 12.4 Å². The summed E-state index contributed by atoms with van der Waals surface area (Å²) in [5, 5.41) is 9.29. The molecular formula is C13H21NO3S. The third-order valence-corrected chi connectivity index (χ3v) is 4.09. The number of hydrogen-bond acceptors (Lipinski definition) is 3. The minimum Gasteiger partial charge on any atom is -0.394 e. The van der Waals surface area contributed by atoms with Gasteiger partial charge in [-0.1, -0.05) is 44.2 Å². The Hall–Kier alpha value is -0.910. The van der Waals surface area contributed by atoms with E-state index in [9.17, 15) is 13.5 Å². The fourth-order valence-corrected chi connectivity index (χ4v) is 3.11. The summed E-state index contributed by atoms with van der Waals surface area (Å²) in [4.78, 5) is 0. The normalized spacial score (nSPS) is 13.8. The second-order valence-electron chi connectivity index (χ2n) is 4.77. The summed E-state index contributed by atoms with van der Waals surface area (Å²) >= 11 is 0. The van der Waals surface area contributed by atoms with Crippen LogP contribution in [0.4, 0.5) is 0 Å². The molecule has 0 bridgehead atoms. The lowest BCUT2D eigenvalue weighted by Gasteiger charge is -2.17. The maximum atomic E-state index is 11.9. The molecule has 0 aliphatic carbocycles. The van der Waals surface area contributed by atoms with E-state index in [2.05, 4.69) is 4.72 Å². The summed E-state index contributed by atoms with van der Waals surface area (Å²) in [6.07, 6.45) is 0.613. The van der Waals surface area contributed by atoms with Gasteiger partial charge in [0.25, 0.3) is 0 Å². The molecule has 1 rings (SSSR count). The quantitative estimate of drug-likeness (QED) is 0.793. The van der Waals surface area contributed by atoms with Crippen molar-refractivity contribution in [3.05, 3.63) is 35.9 Å². The van der Waals surface area contributed by atoms with E-state index >= 15 is 0 Å². The Bertz CT molecular complexity index is 443. The molecule has 0 radical (unpaired) electrons. The number of benzene rings is 1. The molecule has 0 saturated carbocycles. The highest BCUT2D eigenvalue weighted by atomic mass is 32.2. The lowest BCUT2D eigenvalue weighted by Crippen LogP contribution is -2.33. The monoisotopic (exact) mass is 271 g/mol. The molecule has 0 aliphatic rings. The molecule has 102 valence electrons. The van der Waals surface area contributed by atoms with Gasteiger partial charge < -0.3 is 5.11 Å². The molecule has 0 fully saturated rings. The summed E-state index contributed by atoms with van der Waals surface area (Å²) < 4.78 is 26.2.